The van der Waals surface area contributed by atoms with E-state index in [1.165, 1.54) is 4.31 Å². The fraction of sp³-hybridized carbons (Fsp3) is 0.474. The maximum absolute atomic E-state index is 12.9. The highest BCUT2D eigenvalue weighted by atomic mass is 35.5. The molecule has 2 aromatic rings. The number of hydrogen-bond acceptors (Lipinski definition) is 4. The lowest BCUT2D eigenvalue weighted by Crippen LogP contribution is -2.28. The van der Waals surface area contributed by atoms with Crippen molar-refractivity contribution >= 4 is 33.2 Å². The molecule has 0 aliphatic carbocycles. The van der Waals surface area contributed by atoms with Gasteiger partial charge in [0, 0.05) is 19.5 Å². The normalized spacial score (nSPS) is 15.1. The number of nitrogens with one attached hydrogen (secondary N) is 1. The monoisotopic (exact) mass is 424 g/mol. The van der Waals surface area contributed by atoms with Crippen molar-refractivity contribution in [3.8, 4) is 0 Å². The predicted molar refractivity (Wildman–Crippen MR) is 109 cm³/mol. The van der Waals surface area contributed by atoms with Crippen molar-refractivity contribution < 1.29 is 13.2 Å². The zero-order valence-corrected chi connectivity index (χ0v) is 17.9. The van der Waals surface area contributed by atoms with Crippen LogP contribution in [-0.2, 0) is 21.4 Å². The number of benzene rings is 1. The van der Waals surface area contributed by atoms with Gasteiger partial charge in [0.1, 0.15) is 4.90 Å². The zero-order valence-electron chi connectivity index (χ0n) is 16.3. The topological polar surface area (TPSA) is 84.3 Å². The number of rotatable bonds is 6. The lowest BCUT2D eigenvalue weighted by atomic mass is 10.2. The summed E-state index contributed by atoms with van der Waals surface area (Å²) in [5.74, 6) is -0.206. The van der Waals surface area contributed by atoms with Crippen molar-refractivity contribution in [2.24, 2.45) is 0 Å². The second-order valence-electron chi connectivity index (χ2n) is 7.12. The molecule has 3 rings (SSSR count). The Morgan fingerprint density at radius 2 is 1.89 bits per heavy atom. The first kappa shape index (κ1) is 20.8. The minimum atomic E-state index is -3.54. The lowest BCUT2D eigenvalue weighted by molar-refractivity contribution is -0.116. The van der Waals surface area contributed by atoms with Crippen LogP contribution in [0.4, 0.5) is 5.69 Å². The molecule has 2 heterocycles. The van der Waals surface area contributed by atoms with Crippen LogP contribution in [0.25, 0.3) is 0 Å². The Morgan fingerprint density at radius 1 is 1.21 bits per heavy atom. The van der Waals surface area contributed by atoms with E-state index in [2.05, 4.69) is 10.4 Å². The summed E-state index contributed by atoms with van der Waals surface area (Å²) in [5, 5.41) is 7.63. The number of aryl methyl sites for hydroxylation is 3. The average molecular weight is 425 g/mol. The maximum Gasteiger partial charge on any atom is 0.246 e. The van der Waals surface area contributed by atoms with Gasteiger partial charge in [0.15, 0.2) is 0 Å². The van der Waals surface area contributed by atoms with E-state index in [1.807, 2.05) is 13.0 Å². The van der Waals surface area contributed by atoms with Crippen molar-refractivity contribution in [3.05, 3.63) is 40.2 Å². The third-order valence-corrected chi connectivity index (χ3v) is 7.39. The Labute approximate surface area is 170 Å². The molecule has 1 aromatic carbocycles. The molecule has 1 fully saturated rings. The summed E-state index contributed by atoms with van der Waals surface area (Å²) in [4.78, 5) is 12.6. The number of hydrogen-bond donors (Lipinski definition) is 1. The summed E-state index contributed by atoms with van der Waals surface area (Å²) in [6.45, 7) is 6.74. The fourth-order valence-electron chi connectivity index (χ4n) is 3.47. The largest absolute Gasteiger partial charge is 0.325 e. The van der Waals surface area contributed by atoms with Crippen LogP contribution in [0.15, 0.2) is 23.1 Å². The Bertz CT molecular complexity index is 995. The van der Waals surface area contributed by atoms with Gasteiger partial charge in [-0.2, -0.15) is 9.40 Å². The molecule has 0 spiro atoms. The third-order valence-electron chi connectivity index (χ3n) is 4.93. The summed E-state index contributed by atoms with van der Waals surface area (Å²) in [7, 11) is -3.54. The molecule has 1 aromatic heterocycles. The molecular weight excluding hydrogens is 400 g/mol. The first-order chi connectivity index (χ1) is 13.2. The Hall–Kier alpha value is -1.90. The zero-order chi connectivity index (χ0) is 20.5. The van der Waals surface area contributed by atoms with Crippen LogP contribution in [0.2, 0.25) is 5.02 Å². The smallest absolute Gasteiger partial charge is 0.246 e. The van der Waals surface area contributed by atoms with E-state index in [4.69, 9.17) is 11.6 Å². The molecular formula is C19H25ClN4O3S. The number of aromatic nitrogens is 2. The Kier molecular flexibility index (Phi) is 6.12. The quantitative estimate of drug-likeness (QED) is 0.771. The molecule has 152 valence electrons. The summed E-state index contributed by atoms with van der Waals surface area (Å²) < 4.78 is 28.9. The molecule has 0 unspecified atom stereocenters. The van der Waals surface area contributed by atoms with Crippen molar-refractivity contribution in [1.29, 1.82) is 0 Å². The van der Waals surface area contributed by atoms with Crippen molar-refractivity contribution in [1.82, 2.24) is 14.1 Å². The second-order valence-corrected chi connectivity index (χ2v) is 9.40. The van der Waals surface area contributed by atoms with E-state index < -0.39 is 10.0 Å². The van der Waals surface area contributed by atoms with E-state index in [9.17, 15) is 13.2 Å². The molecule has 1 aliphatic heterocycles. The molecule has 0 bridgehead atoms. The molecule has 0 atom stereocenters. The van der Waals surface area contributed by atoms with Gasteiger partial charge < -0.3 is 5.32 Å². The van der Waals surface area contributed by atoms with Crippen molar-refractivity contribution in [3.63, 3.8) is 0 Å². The molecule has 7 nitrogen and oxygen atoms in total. The SMILES string of the molecule is Cc1ccc(NC(=O)CCn2nc(C)c(S(=O)(=O)N3CCCC3)c2C)c(Cl)c1. The maximum atomic E-state index is 12.9. The van der Waals surface area contributed by atoms with E-state index in [1.54, 1.807) is 30.7 Å². The first-order valence-electron chi connectivity index (χ1n) is 9.30. The summed E-state index contributed by atoms with van der Waals surface area (Å²) in [6.07, 6.45) is 1.93. The van der Waals surface area contributed by atoms with Gasteiger partial charge in [-0.3, -0.25) is 9.48 Å². The predicted octanol–water partition coefficient (Wildman–Crippen LogP) is 3.28. The highest BCUT2D eigenvalue weighted by Crippen LogP contribution is 2.27. The van der Waals surface area contributed by atoms with Crippen LogP contribution < -0.4 is 5.32 Å². The van der Waals surface area contributed by atoms with E-state index in [0.29, 0.717) is 35.2 Å². The number of carbonyl (C=O) groups is 1. The molecule has 1 amide bonds. The van der Waals surface area contributed by atoms with Gasteiger partial charge in [0.2, 0.25) is 15.9 Å². The van der Waals surface area contributed by atoms with Gasteiger partial charge in [0.05, 0.1) is 28.6 Å². The second kappa shape index (κ2) is 8.23. The van der Waals surface area contributed by atoms with E-state index in [-0.39, 0.29) is 23.8 Å². The van der Waals surface area contributed by atoms with Gasteiger partial charge in [-0.15, -0.1) is 0 Å². The standard InChI is InChI=1S/C19H25ClN4O3S/c1-13-6-7-17(16(20)12-13)21-18(25)8-11-24-15(3)19(14(2)22-24)28(26,27)23-9-4-5-10-23/h6-7,12H,4-5,8-11H2,1-3H3,(H,21,25). The van der Waals surface area contributed by atoms with Gasteiger partial charge in [-0.05, 0) is 51.3 Å². The van der Waals surface area contributed by atoms with Gasteiger partial charge >= 0.3 is 0 Å². The summed E-state index contributed by atoms with van der Waals surface area (Å²) in [6, 6.07) is 5.42. The minimum absolute atomic E-state index is 0.162. The van der Waals surface area contributed by atoms with Gasteiger partial charge in [-0.1, -0.05) is 17.7 Å². The lowest BCUT2D eigenvalue weighted by Gasteiger charge is -2.15. The van der Waals surface area contributed by atoms with Crippen LogP contribution >= 0.6 is 11.6 Å². The highest BCUT2D eigenvalue weighted by molar-refractivity contribution is 7.89. The third kappa shape index (κ3) is 4.24. The van der Waals surface area contributed by atoms with E-state index >= 15 is 0 Å². The first-order valence-corrected chi connectivity index (χ1v) is 11.1. The summed E-state index contributed by atoms with van der Waals surface area (Å²) >= 11 is 6.15. The van der Waals surface area contributed by atoms with E-state index in [0.717, 1.165) is 18.4 Å². The molecule has 1 N–H and O–H groups in total. The van der Waals surface area contributed by atoms with Gasteiger partial charge in [0.25, 0.3) is 0 Å². The number of anilines is 1. The highest BCUT2D eigenvalue weighted by Gasteiger charge is 2.32. The number of amides is 1. The van der Waals surface area contributed by atoms with Crippen LogP contribution in [0.1, 0.15) is 36.2 Å². The number of carbonyl (C=O) groups excluding carboxylic acids is 1. The average Bonchev–Trinajstić information content (AvgIpc) is 3.24. The fourth-order valence-corrected chi connectivity index (χ4v) is 5.64. The molecule has 28 heavy (non-hydrogen) atoms. The number of halogens is 1. The van der Waals surface area contributed by atoms with Crippen LogP contribution in [-0.4, -0.2) is 41.5 Å². The van der Waals surface area contributed by atoms with Crippen molar-refractivity contribution in [2.75, 3.05) is 18.4 Å². The molecule has 0 saturated carbocycles. The summed E-state index contributed by atoms with van der Waals surface area (Å²) in [5.41, 5.74) is 2.59. The molecule has 0 radical (unpaired) electrons. The van der Waals surface area contributed by atoms with Crippen LogP contribution in [0, 0.1) is 20.8 Å². The Balaban J connectivity index is 1.70. The Morgan fingerprint density at radius 3 is 2.54 bits per heavy atom. The van der Waals surface area contributed by atoms with Gasteiger partial charge in [-0.25, -0.2) is 8.42 Å². The molecule has 9 heteroatoms. The molecule has 1 saturated heterocycles. The molecule has 1 aliphatic rings. The minimum Gasteiger partial charge on any atom is -0.325 e. The number of nitrogens with zero attached hydrogens (tertiary/aromatic N) is 3. The number of sulfonamides is 1. The van der Waals surface area contributed by atoms with Crippen LogP contribution in [0.5, 0.6) is 0 Å². The van der Waals surface area contributed by atoms with Crippen LogP contribution in [0.3, 0.4) is 0 Å². The van der Waals surface area contributed by atoms with Crippen molar-refractivity contribution in [2.45, 2.75) is 51.5 Å².